The fraction of sp³-hybridized carbons (Fsp3) is 0.412. The maximum Gasteiger partial charge on any atom is 0.320 e. The highest BCUT2D eigenvalue weighted by Gasteiger charge is 2.21. The van der Waals surface area contributed by atoms with Gasteiger partial charge in [-0.05, 0) is 57.3 Å². The van der Waals surface area contributed by atoms with E-state index < -0.39 is 11.8 Å². The molecule has 1 aliphatic carbocycles. The second-order valence-electron chi connectivity index (χ2n) is 6.45. The molecule has 0 saturated heterocycles. The van der Waals surface area contributed by atoms with Crippen LogP contribution in [0.15, 0.2) is 32.5 Å². The second kappa shape index (κ2) is 9.49. The number of benzene rings is 1. The number of carbonyl (C=O) groups is 1. The summed E-state index contributed by atoms with van der Waals surface area (Å²) < 4.78 is 18.3. The van der Waals surface area contributed by atoms with E-state index in [-0.39, 0.29) is 27.9 Å². The molecule has 1 saturated carbocycles. The van der Waals surface area contributed by atoms with Gasteiger partial charge in [-0.2, -0.15) is 0 Å². The minimum Gasteiger partial charge on any atom is -0.409 e. The number of amides is 2. The Morgan fingerprint density at radius 1 is 1.21 bits per heavy atom. The lowest BCUT2D eigenvalue weighted by molar-refractivity contribution is 0.246. The van der Waals surface area contributed by atoms with E-state index in [0.29, 0.717) is 5.69 Å². The van der Waals surface area contributed by atoms with Gasteiger partial charge in [-0.15, -0.1) is 0 Å². The van der Waals surface area contributed by atoms with E-state index in [4.69, 9.17) is 0 Å². The zero-order valence-corrected chi connectivity index (χ0v) is 16.5. The summed E-state index contributed by atoms with van der Waals surface area (Å²) in [5.74, 6) is -0.564. The van der Waals surface area contributed by atoms with Crippen molar-refractivity contribution in [1.29, 1.82) is 0 Å². The van der Waals surface area contributed by atoms with Gasteiger partial charge >= 0.3 is 6.03 Å². The fourth-order valence-electron chi connectivity index (χ4n) is 3.02. The van der Waals surface area contributed by atoms with Gasteiger partial charge in [0.25, 0.3) is 0 Å². The zero-order chi connectivity index (χ0) is 19.9. The Morgan fingerprint density at radius 3 is 2.64 bits per heavy atom. The Kier molecular flexibility index (Phi) is 6.80. The molecule has 1 aromatic carbocycles. The van der Waals surface area contributed by atoms with Gasteiger partial charge in [0.1, 0.15) is 5.82 Å². The Balaban J connectivity index is 1.67. The first kappa shape index (κ1) is 20.1. The van der Waals surface area contributed by atoms with Crippen molar-refractivity contribution in [2.45, 2.75) is 44.6 Å². The monoisotopic (exact) mass is 454 g/mol. The average Bonchev–Trinajstić information content (AvgIpc) is 2.97. The largest absolute Gasteiger partial charge is 0.409 e. The van der Waals surface area contributed by atoms with Gasteiger partial charge in [0.05, 0.1) is 4.47 Å². The van der Waals surface area contributed by atoms with Gasteiger partial charge in [0.15, 0.2) is 5.69 Å². The summed E-state index contributed by atoms with van der Waals surface area (Å²) in [6, 6.07) is 3.81. The molecule has 150 valence electrons. The maximum atomic E-state index is 13.4. The van der Waals surface area contributed by atoms with Gasteiger partial charge < -0.3 is 15.8 Å². The average molecular weight is 455 g/mol. The summed E-state index contributed by atoms with van der Waals surface area (Å²) in [6.45, 7) is 0. The molecule has 2 amide bonds. The number of aromatic nitrogens is 2. The van der Waals surface area contributed by atoms with Crippen molar-refractivity contribution < 1.29 is 19.0 Å². The van der Waals surface area contributed by atoms with Crippen LogP contribution in [-0.4, -0.2) is 33.4 Å². The zero-order valence-electron chi connectivity index (χ0n) is 14.9. The van der Waals surface area contributed by atoms with Crippen molar-refractivity contribution in [3.8, 4) is 0 Å². The molecule has 4 N–H and O–H groups in total. The van der Waals surface area contributed by atoms with Gasteiger partial charge in [-0.1, -0.05) is 30.8 Å². The molecule has 28 heavy (non-hydrogen) atoms. The van der Waals surface area contributed by atoms with E-state index in [2.05, 4.69) is 52.0 Å². The molecular formula is C17H20BrFN6O3. The summed E-state index contributed by atoms with van der Waals surface area (Å²) in [5.41, 5.74) is 0.428. The molecule has 0 atom stereocenters. The number of nitrogens with zero attached hydrogens (tertiary/aromatic N) is 3. The van der Waals surface area contributed by atoms with Crippen LogP contribution < -0.4 is 16.0 Å². The summed E-state index contributed by atoms with van der Waals surface area (Å²) in [5, 5.41) is 28.0. The van der Waals surface area contributed by atoms with Crippen LogP contribution in [0.25, 0.3) is 0 Å². The highest BCUT2D eigenvalue weighted by Crippen LogP contribution is 2.22. The van der Waals surface area contributed by atoms with Gasteiger partial charge in [-0.25, -0.2) is 13.8 Å². The van der Waals surface area contributed by atoms with E-state index in [1.165, 1.54) is 31.0 Å². The molecule has 2 aromatic rings. The second-order valence-corrected chi connectivity index (χ2v) is 7.31. The number of nitrogens with one attached hydrogen (secondary N) is 3. The topological polar surface area (TPSA) is 125 Å². The molecule has 1 aliphatic rings. The van der Waals surface area contributed by atoms with Gasteiger partial charge in [0.2, 0.25) is 11.7 Å². The van der Waals surface area contributed by atoms with E-state index >= 15 is 0 Å². The van der Waals surface area contributed by atoms with E-state index in [1.807, 2.05) is 0 Å². The lowest BCUT2D eigenvalue weighted by atomic mass is 10.1. The van der Waals surface area contributed by atoms with Crippen molar-refractivity contribution in [2.24, 2.45) is 5.16 Å². The molecule has 9 nitrogen and oxygen atoms in total. The molecule has 11 heteroatoms. The van der Waals surface area contributed by atoms with Crippen molar-refractivity contribution in [2.75, 3.05) is 10.6 Å². The number of oxime groups is 1. The molecule has 0 aliphatic heterocycles. The van der Waals surface area contributed by atoms with E-state index in [0.717, 1.165) is 25.7 Å². The predicted octanol–water partition coefficient (Wildman–Crippen LogP) is 4.06. The minimum absolute atomic E-state index is 0.000959. The molecule has 0 spiro atoms. The summed E-state index contributed by atoms with van der Waals surface area (Å²) in [4.78, 5) is 12.3. The Labute approximate surface area is 168 Å². The summed E-state index contributed by atoms with van der Waals surface area (Å²) >= 11 is 3.08. The fourth-order valence-corrected chi connectivity index (χ4v) is 3.40. The Morgan fingerprint density at radius 2 is 1.96 bits per heavy atom. The van der Waals surface area contributed by atoms with Crippen molar-refractivity contribution in [3.63, 3.8) is 0 Å². The number of anilines is 2. The Bertz CT molecular complexity index is 851. The van der Waals surface area contributed by atoms with Gasteiger partial charge in [-0.3, -0.25) is 5.32 Å². The van der Waals surface area contributed by atoms with Crippen LogP contribution in [-0.2, 0) is 0 Å². The third-order valence-corrected chi connectivity index (χ3v) is 5.03. The van der Waals surface area contributed by atoms with Gasteiger partial charge in [0, 0.05) is 11.7 Å². The number of rotatable bonds is 4. The molecule has 3 rings (SSSR count). The van der Waals surface area contributed by atoms with Crippen LogP contribution in [0, 0.1) is 5.82 Å². The minimum atomic E-state index is -0.439. The molecule has 0 bridgehead atoms. The third kappa shape index (κ3) is 5.18. The molecule has 0 unspecified atom stereocenters. The quantitative estimate of drug-likeness (QED) is 0.181. The number of amidine groups is 1. The van der Waals surface area contributed by atoms with Crippen molar-refractivity contribution in [1.82, 2.24) is 15.6 Å². The highest BCUT2D eigenvalue weighted by atomic mass is 79.9. The van der Waals surface area contributed by atoms with Crippen LogP contribution in [0.1, 0.15) is 44.2 Å². The van der Waals surface area contributed by atoms with Crippen molar-refractivity contribution >= 4 is 39.3 Å². The molecule has 1 aromatic heterocycles. The summed E-state index contributed by atoms with van der Waals surface area (Å²) in [6.07, 6.45) is 6.39. The van der Waals surface area contributed by atoms with Crippen LogP contribution in [0.2, 0.25) is 0 Å². The normalized spacial score (nSPS) is 15.7. The van der Waals surface area contributed by atoms with Crippen LogP contribution in [0.3, 0.4) is 0 Å². The lowest BCUT2D eigenvalue weighted by Crippen LogP contribution is -2.38. The lowest BCUT2D eigenvalue weighted by Gasteiger charge is -2.16. The van der Waals surface area contributed by atoms with Crippen LogP contribution >= 0.6 is 15.9 Å². The van der Waals surface area contributed by atoms with E-state index in [9.17, 15) is 14.4 Å². The van der Waals surface area contributed by atoms with Crippen molar-refractivity contribution in [3.05, 3.63) is 34.2 Å². The standard InChI is InChI=1S/C17H20BrFN6O3/c18-12-9-11(7-8-13(12)19)20-15(23-27)14-16(25-28-24-14)22-17(26)21-10-5-3-1-2-4-6-10/h7-10,27H,1-6H2,(H,20,23)(H2,21,22,25,26). The maximum absolute atomic E-state index is 13.4. The smallest absolute Gasteiger partial charge is 0.320 e. The predicted molar refractivity (Wildman–Crippen MR) is 104 cm³/mol. The number of carbonyl (C=O) groups excluding carboxylic acids is 1. The third-order valence-electron chi connectivity index (χ3n) is 4.42. The Hall–Kier alpha value is -2.69. The molecule has 1 heterocycles. The number of hydrogen-bond donors (Lipinski definition) is 4. The van der Waals surface area contributed by atoms with Crippen LogP contribution in [0.4, 0.5) is 20.7 Å². The van der Waals surface area contributed by atoms with E-state index in [1.54, 1.807) is 0 Å². The number of urea groups is 1. The highest BCUT2D eigenvalue weighted by molar-refractivity contribution is 9.10. The van der Waals surface area contributed by atoms with Crippen LogP contribution in [0.5, 0.6) is 0 Å². The SMILES string of the molecule is O=C(Nc1nonc1/C(=N/O)Nc1ccc(F)c(Br)c1)NC1CCCCCC1. The number of halogens is 2. The summed E-state index contributed by atoms with van der Waals surface area (Å²) in [7, 11) is 0. The molecule has 0 radical (unpaired) electrons. The first-order valence-electron chi connectivity index (χ1n) is 8.91. The molecule has 1 fully saturated rings. The first-order chi connectivity index (χ1) is 13.6. The molecular weight excluding hydrogens is 435 g/mol. The first-order valence-corrected chi connectivity index (χ1v) is 9.70. The number of hydrogen-bond acceptors (Lipinski definition) is 6.